The minimum atomic E-state index is 0.0355. The molecule has 3 aliphatic rings. The number of aromatic nitrogens is 2. The highest BCUT2D eigenvalue weighted by atomic mass is 16.5. The van der Waals surface area contributed by atoms with E-state index in [4.69, 9.17) is 4.74 Å². The van der Waals surface area contributed by atoms with Gasteiger partial charge in [-0.15, -0.1) is 0 Å². The Morgan fingerprint density at radius 3 is 3.07 bits per heavy atom. The van der Waals surface area contributed by atoms with Crippen LogP contribution in [0.3, 0.4) is 0 Å². The van der Waals surface area contributed by atoms with E-state index in [-0.39, 0.29) is 18.1 Å². The van der Waals surface area contributed by atoms with Crippen molar-refractivity contribution in [3.05, 3.63) is 29.6 Å². The molecule has 148 valence electrons. The van der Waals surface area contributed by atoms with Gasteiger partial charge in [-0.2, -0.15) is 5.10 Å². The third kappa shape index (κ3) is 3.83. The van der Waals surface area contributed by atoms with Crippen LogP contribution < -0.4 is 5.32 Å². The Labute approximate surface area is 161 Å². The number of nitrogens with one attached hydrogen (secondary N) is 1. The van der Waals surface area contributed by atoms with Crippen molar-refractivity contribution in [3.8, 4) is 0 Å². The standard InChI is InChI=1S/C21H32N4O2/c1-15(2)5-4-9-24-12-18-17(19-6-8-21(18,14-24)27-19)11-22-20(26)13-25-10-7-16(3)23-25/h5,7,10,17-19H,4,6,8-9,11-14H2,1-3H3,(H,22,26)/t17-,18+,19+,21+/m0/s1. The first-order valence-electron chi connectivity index (χ1n) is 10.3. The second kappa shape index (κ2) is 7.40. The maximum absolute atomic E-state index is 12.3. The molecule has 3 saturated heterocycles. The van der Waals surface area contributed by atoms with Gasteiger partial charge in [0.1, 0.15) is 6.54 Å². The van der Waals surface area contributed by atoms with E-state index in [0.717, 1.165) is 44.7 Å². The molecule has 0 saturated carbocycles. The fourth-order valence-electron chi connectivity index (χ4n) is 5.25. The number of ether oxygens (including phenoxy) is 1. The number of likely N-dealkylation sites (tertiary alicyclic amines) is 1. The lowest BCUT2D eigenvalue weighted by Crippen LogP contribution is -2.42. The van der Waals surface area contributed by atoms with Gasteiger partial charge >= 0.3 is 0 Å². The van der Waals surface area contributed by atoms with E-state index in [1.807, 2.05) is 19.2 Å². The van der Waals surface area contributed by atoms with Crippen molar-refractivity contribution < 1.29 is 9.53 Å². The summed E-state index contributed by atoms with van der Waals surface area (Å²) in [5.74, 6) is 1.03. The molecule has 6 heteroatoms. The second-order valence-electron chi connectivity index (χ2n) is 8.79. The summed E-state index contributed by atoms with van der Waals surface area (Å²) >= 11 is 0. The molecule has 3 fully saturated rings. The molecule has 1 amide bonds. The zero-order valence-corrected chi connectivity index (χ0v) is 16.8. The van der Waals surface area contributed by atoms with Crippen molar-refractivity contribution in [2.45, 2.75) is 58.3 Å². The van der Waals surface area contributed by atoms with Crippen LogP contribution in [0.2, 0.25) is 0 Å². The maximum atomic E-state index is 12.3. The van der Waals surface area contributed by atoms with Crippen molar-refractivity contribution in [3.63, 3.8) is 0 Å². The smallest absolute Gasteiger partial charge is 0.241 e. The first-order valence-corrected chi connectivity index (χ1v) is 10.3. The molecule has 1 aromatic rings. The zero-order chi connectivity index (χ0) is 19.0. The molecule has 4 heterocycles. The fraction of sp³-hybridized carbons (Fsp3) is 0.714. The Bertz CT molecular complexity index is 724. The first-order chi connectivity index (χ1) is 12.9. The molecule has 0 unspecified atom stereocenters. The van der Waals surface area contributed by atoms with E-state index in [1.165, 1.54) is 12.0 Å². The third-order valence-electron chi connectivity index (χ3n) is 6.47. The third-order valence-corrected chi connectivity index (χ3v) is 6.47. The molecule has 27 heavy (non-hydrogen) atoms. The Kier molecular flexibility index (Phi) is 5.12. The number of fused-ring (bicyclic) bond motifs is 1. The van der Waals surface area contributed by atoms with Gasteiger partial charge in [-0.1, -0.05) is 11.6 Å². The quantitative estimate of drug-likeness (QED) is 0.745. The van der Waals surface area contributed by atoms with Gasteiger partial charge in [-0.3, -0.25) is 14.4 Å². The highest BCUT2D eigenvalue weighted by Crippen LogP contribution is 2.54. The Hall–Kier alpha value is -1.66. The van der Waals surface area contributed by atoms with Gasteiger partial charge in [0.15, 0.2) is 0 Å². The van der Waals surface area contributed by atoms with Crippen LogP contribution in [0.4, 0.5) is 0 Å². The Morgan fingerprint density at radius 2 is 2.33 bits per heavy atom. The molecule has 4 atom stereocenters. The Morgan fingerprint density at radius 1 is 1.48 bits per heavy atom. The number of carbonyl (C=O) groups excluding carboxylic acids is 1. The average molecular weight is 373 g/mol. The molecule has 1 spiro atoms. The molecule has 0 radical (unpaired) electrons. The Balaban J connectivity index is 1.31. The van der Waals surface area contributed by atoms with Gasteiger partial charge in [-0.05, 0) is 46.1 Å². The fourth-order valence-corrected chi connectivity index (χ4v) is 5.25. The molecular weight excluding hydrogens is 340 g/mol. The first kappa shape index (κ1) is 18.7. The van der Waals surface area contributed by atoms with Crippen molar-refractivity contribution in [1.29, 1.82) is 0 Å². The lowest BCUT2D eigenvalue weighted by atomic mass is 9.73. The topological polar surface area (TPSA) is 59.4 Å². The number of nitrogens with zero attached hydrogens (tertiary/aromatic N) is 3. The minimum Gasteiger partial charge on any atom is -0.370 e. The number of amides is 1. The van der Waals surface area contributed by atoms with Crippen LogP contribution in [0.25, 0.3) is 0 Å². The molecular formula is C21H32N4O2. The number of carbonyl (C=O) groups is 1. The van der Waals surface area contributed by atoms with Crippen molar-refractivity contribution >= 4 is 5.91 Å². The number of allylic oxidation sites excluding steroid dienone is 1. The molecule has 2 bridgehead atoms. The number of aryl methyl sites for hydroxylation is 1. The lowest BCUT2D eigenvalue weighted by molar-refractivity contribution is -0.122. The average Bonchev–Trinajstić information content (AvgIpc) is 3.33. The van der Waals surface area contributed by atoms with E-state index in [2.05, 4.69) is 35.2 Å². The monoisotopic (exact) mass is 372 g/mol. The minimum absolute atomic E-state index is 0.0355. The van der Waals surface area contributed by atoms with E-state index >= 15 is 0 Å². The van der Waals surface area contributed by atoms with Crippen molar-refractivity contribution in [1.82, 2.24) is 20.0 Å². The van der Waals surface area contributed by atoms with Crippen LogP contribution in [0.15, 0.2) is 23.9 Å². The predicted octanol–water partition coefficient (Wildman–Crippen LogP) is 2.14. The van der Waals surface area contributed by atoms with E-state index in [9.17, 15) is 4.79 Å². The number of rotatable bonds is 7. The van der Waals surface area contributed by atoms with E-state index in [0.29, 0.717) is 17.9 Å². The molecule has 1 aromatic heterocycles. The maximum Gasteiger partial charge on any atom is 0.241 e. The molecule has 3 aliphatic heterocycles. The highest BCUT2D eigenvalue weighted by molar-refractivity contribution is 5.75. The van der Waals surface area contributed by atoms with Gasteiger partial charge < -0.3 is 10.1 Å². The van der Waals surface area contributed by atoms with E-state index in [1.54, 1.807) is 4.68 Å². The zero-order valence-electron chi connectivity index (χ0n) is 16.8. The highest BCUT2D eigenvalue weighted by Gasteiger charge is 2.62. The lowest BCUT2D eigenvalue weighted by Gasteiger charge is -2.29. The van der Waals surface area contributed by atoms with Gasteiger partial charge in [0.05, 0.1) is 17.4 Å². The summed E-state index contributed by atoms with van der Waals surface area (Å²) in [6.45, 7) is 10.5. The van der Waals surface area contributed by atoms with Gasteiger partial charge in [0, 0.05) is 44.2 Å². The van der Waals surface area contributed by atoms with Gasteiger partial charge in [0.25, 0.3) is 0 Å². The molecule has 0 aromatic carbocycles. The van der Waals surface area contributed by atoms with Crippen LogP contribution in [0.5, 0.6) is 0 Å². The van der Waals surface area contributed by atoms with Gasteiger partial charge in [-0.25, -0.2) is 0 Å². The van der Waals surface area contributed by atoms with Crippen LogP contribution in [-0.2, 0) is 16.1 Å². The SMILES string of the molecule is CC(C)=CCCN1C[C@@H]2[C@H](CNC(=O)Cn3ccc(C)n3)[C@H]3CC[C@]2(C1)O3. The summed E-state index contributed by atoms with van der Waals surface area (Å²) in [5.41, 5.74) is 2.37. The van der Waals surface area contributed by atoms with Crippen molar-refractivity contribution in [2.75, 3.05) is 26.2 Å². The summed E-state index contributed by atoms with van der Waals surface area (Å²) in [6, 6.07) is 1.92. The normalized spacial score (nSPS) is 31.9. The van der Waals surface area contributed by atoms with E-state index < -0.39 is 0 Å². The van der Waals surface area contributed by atoms with Crippen LogP contribution in [-0.4, -0.2) is 58.5 Å². The molecule has 6 nitrogen and oxygen atoms in total. The van der Waals surface area contributed by atoms with Crippen LogP contribution >= 0.6 is 0 Å². The summed E-state index contributed by atoms with van der Waals surface area (Å²) < 4.78 is 8.18. The number of hydrogen-bond acceptors (Lipinski definition) is 4. The summed E-state index contributed by atoms with van der Waals surface area (Å²) in [7, 11) is 0. The largest absolute Gasteiger partial charge is 0.370 e. The second-order valence-corrected chi connectivity index (χ2v) is 8.79. The van der Waals surface area contributed by atoms with Gasteiger partial charge in [0.2, 0.25) is 5.91 Å². The molecule has 4 rings (SSSR count). The summed E-state index contributed by atoms with van der Waals surface area (Å²) in [5, 5.41) is 7.43. The predicted molar refractivity (Wildman–Crippen MR) is 104 cm³/mol. The molecule has 1 N–H and O–H groups in total. The molecule has 0 aliphatic carbocycles. The summed E-state index contributed by atoms with van der Waals surface area (Å²) in [4.78, 5) is 14.9. The summed E-state index contributed by atoms with van der Waals surface area (Å²) in [6.07, 6.45) is 7.92. The van der Waals surface area contributed by atoms with Crippen molar-refractivity contribution in [2.24, 2.45) is 11.8 Å². The van der Waals surface area contributed by atoms with Crippen LogP contribution in [0, 0.1) is 18.8 Å². The van der Waals surface area contributed by atoms with Crippen LogP contribution in [0.1, 0.15) is 38.8 Å². The number of hydrogen-bond donors (Lipinski definition) is 1.